The lowest BCUT2D eigenvalue weighted by Gasteiger charge is -2.10. The summed E-state index contributed by atoms with van der Waals surface area (Å²) in [4.78, 5) is 12.4. The van der Waals surface area contributed by atoms with E-state index in [2.05, 4.69) is 10.0 Å². The van der Waals surface area contributed by atoms with E-state index in [1.807, 2.05) is 19.1 Å². The molecule has 1 amide bonds. The minimum Gasteiger partial charge on any atom is -0.306 e. The topological polar surface area (TPSA) is 58.2 Å². The van der Waals surface area contributed by atoms with E-state index < -0.39 is 11.0 Å². The largest absolute Gasteiger partial charge is 0.306 e. The number of aryl methyl sites for hydroxylation is 1. The van der Waals surface area contributed by atoms with E-state index in [9.17, 15) is 9.00 Å². The van der Waals surface area contributed by atoms with Crippen LogP contribution in [0.25, 0.3) is 0 Å². The minimum atomic E-state index is -1.46. The molecule has 1 unspecified atom stereocenters. The first-order valence-corrected chi connectivity index (χ1v) is 6.84. The van der Waals surface area contributed by atoms with Crippen LogP contribution >= 0.6 is 0 Å². The van der Waals surface area contributed by atoms with Crippen molar-refractivity contribution in [3.05, 3.63) is 29.8 Å². The molecular weight excluding hydrogens is 236 g/mol. The van der Waals surface area contributed by atoms with Crippen molar-refractivity contribution in [3.63, 3.8) is 0 Å². The van der Waals surface area contributed by atoms with Gasteiger partial charge in [0.1, 0.15) is 0 Å². The molecule has 4 nitrogen and oxygen atoms in total. The summed E-state index contributed by atoms with van der Waals surface area (Å²) in [5.41, 5.74) is 1.11. The minimum absolute atomic E-state index is 0.179. The van der Waals surface area contributed by atoms with Gasteiger partial charge >= 0.3 is 0 Å². The van der Waals surface area contributed by atoms with E-state index in [0.717, 1.165) is 24.9 Å². The van der Waals surface area contributed by atoms with E-state index in [-0.39, 0.29) is 11.9 Å². The molecule has 0 spiro atoms. The molecule has 2 atom stereocenters. The normalized spacial score (nSPS) is 21.1. The van der Waals surface area contributed by atoms with Crippen LogP contribution in [0.2, 0.25) is 0 Å². The lowest BCUT2D eigenvalue weighted by atomic mass is 10.2. The Kier molecular flexibility index (Phi) is 3.91. The summed E-state index contributed by atoms with van der Waals surface area (Å²) >= 11 is 0. The quantitative estimate of drug-likeness (QED) is 0.840. The highest BCUT2D eigenvalue weighted by Gasteiger charge is 2.23. The number of carbonyl (C=O) groups is 1. The average Bonchev–Trinajstić information content (AvgIpc) is 2.83. The van der Waals surface area contributed by atoms with Crippen LogP contribution < -0.4 is 10.0 Å². The standard InChI is InChI=1S/C12H16N2O2S/c1-9-4-6-10(7-5-9)17(16)14-12(15)11-3-2-8-13-11/h4-7,11,13H,2-3,8H2,1H3,(H,14,15)/t11-,17?/m0/s1. The van der Waals surface area contributed by atoms with Crippen molar-refractivity contribution in [3.8, 4) is 0 Å². The smallest absolute Gasteiger partial charge is 0.249 e. The Hall–Kier alpha value is -1.20. The van der Waals surface area contributed by atoms with Gasteiger partial charge in [0.25, 0.3) is 0 Å². The van der Waals surface area contributed by atoms with E-state index in [4.69, 9.17) is 0 Å². The van der Waals surface area contributed by atoms with E-state index >= 15 is 0 Å². The van der Waals surface area contributed by atoms with Crippen LogP contribution in [0.5, 0.6) is 0 Å². The first kappa shape index (κ1) is 12.3. The van der Waals surface area contributed by atoms with Crippen LogP contribution in [0.3, 0.4) is 0 Å². The molecule has 1 fully saturated rings. The van der Waals surface area contributed by atoms with Gasteiger partial charge in [-0.1, -0.05) is 17.7 Å². The van der Waals surface area contributed by atoms with Crippen molar-refractivity contribution >= 4 is 16.9 Å². The van der Waals surface area contributed by atoms with Crippen molar-refractivity contribution in [2.45, 2.75) is 30.7 Å². The molecule has 17 heavy (non-hydrogen) atoms. The number of carbonyl (C=O) groups excluding carboxylic acids is 1. The van der Waals surface area contributed by atoms with Gasteiger partial charge in [-0.25, -0.2) is 4.21 Å². The summed E-state index contributed by atoms with van der Waals surface area (Å²) in [6, 6.07) is 7.12. The fraction of sp³-hybridized carbons (Fsp3) is 0.417. The molecule has 1 aliphatic rings. The molecule has 1 saturated heterocycles. The maximum Gasteiger partial charge on any atom is 0.249 e. The zero-order chi connectivity index (χ0) is 12.3. The molecule has 1 heterocycles. The molecule has 2 rings (SSSR count). The third kappa shape index (κ3) is 3.14. The predicted octanol–water partition coefficient (Wildman–Crippen LogP) is 0.886. The SMILES string of the molecule is Cc1ccc(S(=O)NC(=O)[C@@H]2CCCN2)cc1. The van der Waals surface area contributed by atoms with Gasteiger partial charge in [0, 0.05) is 0 Å². The lowest BCUT2D eigenvalue weighted by Crippen LogP contribution is -2.41. The Labute approximate surface area is 103 Å². The summed E-state index contributed by atoms with van der Waals surface area (Å²) in [5.74, 6) is -0.179. The number of hydrogen-bond donors (Lipinski definition) is 2. The number of hydrogen-bond acceptors (Lipinski definition) is 3. The van der Waals surface area contributed by atoms with E-state index in [1.54, 1.807) is 12.1 Å². The van der Waals surface area contributed by atoms with Crippen LogP contribution in [0.15, 0.2) is 29.2 Å². The Morgan fingerprint density at radius 1 is 1.41 bits per heavy atom. The summed E-state index contributed by atoms with van der Waals surface area (Å²) in [5, 5.41) is 3.08. The maximum absolute atomic E-state index is 11.9. The molecule has 0 saturated carbocycles. The summed E-state index contributed by atoms with van der Waals surface area (Å²) in [7, 11) is -1.46. The zero-order valence-electron chi connectivity index (χ0n) is 9.73. The van der Waals surface area contributed by atoms with Gasteiger partial charge in [-0.2, -0.15) is 0 Å². The molecule has 1 aromatic rings. The van der Waals surface area contributed by atoms with Crippen molar-refractivity contribution in [1.82, 2.24) is 10.0 Å². The van der Waals surface area contributed by atoms with Crippen molar-refractivity contribution in [2.75, 3.05) is 6.54 Å². The number of rotatable bonds is 3. The van der Waals surface area contributed by atoms with Gasteiger partial charge in [-0.05, 0) is 38.4 Å². The monoisotopic (exact) mass is 252 g/mol. The number of amides is 1. The van der Waals surface area contributed by atoms with Crippen LogP contribution in [0, 0.1) is 6.92 Å². The number of nitrogens with one attached hydrogen (secondary N) is 2. The molecule has 0 bridgehead atoms. The highest BCUT2D eigenvalue weighted by atomic mass is 32.2. The summed E-state index contributed by atoms with van der Waals surface area (Å²) < 4.78 is 14.4. The second kappa shape index (κ2) is 5.42. The fourth-order valence-electron chi connectivity index (χ4n) is 1.79. The van der Waals surface area contributed by atoms with Gasteiger partial charge in [0.2, 0.25) is 5.91 Å². The molecule has 0 radical (unpaired) electrons. The molecule has 1 aliphatic heterocycles. The third-order valence-corrected chi connectivity index (χ3v) is 3.89. The summed E-state index contributed by atoms with van der Waals surface area (Å²) in [6.45, 7) is 2.82. The number of benzene rings is 1. The van der Waals surface area contributed by atoms with Gasteiger partial charge < -0.3 is 5.32 Å². The van der Waals surface area contributed by atoms with E-state index in [1.165, 1.54) is 0 Å². The second-order valence-electron chi connectivity index (χ2n) is 4.20. The van der Waals surface area contributed by atoms with E-state index in [0.29, 0.717) is 4.90 Å². The first-order chi connectivity index (χ1) is 8.16. The molecule has 92 valence electrons. The van der Waals surface area contributed by atoms with Crippen LogP contribution in [-0.2, 0) is 15.8 Å². The summed E-state index contributed by atoms with van der Waals surface area (Å²) in [6.07, 6.45) is 1.81. The molecule has 2 N–H and O–H groups in total. The van der Waals surface area contributed by atoms with Gasteiger partial charge in [-0.15, -0.1) is 0 Å². The molecule has 0 aliphatic carbocycles. The Balaban J connectivity index is 1.96. The Morgan fingerprint density at radius 2 is 2.12 bits per heavy atom. The fourth-order valence-corrected chi connectivity index (χ4v) is 2.62. The van der Waals surface area contributed by atoms with Crippen LogP contribution in [0.4, 0.5) is 0 Å². The predicted molar refractivity (Wildman–Crippen MR) is 66.8 cm³/mol. The van der Waals surface area contributed by atoms with Gasteiger partial charge in [-0.3, -0.25) is 9.52 Å². The van der Waals surface area contributed by atoms with Gasteiger partial charge in [0.05, 0.1) is 10.9 Å². The molecule has 5 heteroatoms. The Morgan fingerprint density at radius 3 is 2.71 bits per heavy atom. The first-order valence-electron chi connectivity index (χ1n) is 5.69. The average molecular weight is 252 g/mol. The highest BCUT2D eigenvalue weighted by molar-refractivity contribution is 7.83. The maximum atomic E-state index is 11.9. The second-order valence-corrected chi connectivity index (χ2v) is 5.41. The molecular formula is C12H16N2O2S. The zero-order valence-corrected chi connectivity index (χ0v) is 10.5. The highest BCUT2D eigenvalue weighted by Crippen LogP contribution is 2.09. The van der Waals surface area contributed by atoms with Crippen molar-refractivity contribution in [1.29, 1.82) is 0 Å². The third-order valence-electron chi connectivity index (χ3n) is 2.81. The van der Waals surface area contributed by atoms with Crippen molar-refractivity contribution in [2.24, 2.45) is 0 Å². The van der Waals surface area contributed by atoms with Crippen LogP contribution in [0.1, 0.15) is 18.4 Å². The van der Waals surface area contributed by atoms with Gasteiger partial charge in [0.15, 0.2) is 11.0 Å². The molecule has 1 aromatic carbocycles. The lowest BCUT2D eigenvalue weighted by molar-refractivity contribution is -0.120. The van der Waals surface area contributed by atoms with Crippen molar-refractivity contribution < 1.29 is 9.00 Å². The molecule has 0 aromatic heterocycles. The van der Waals surface area contributed by atoms with Crippen LogP contribution in [-0.4, -0.2) is 22.7 Å². The Bertz CT molecular complexity index is 425.